The molecule has 0 bridgehead atoms. The van der Waals surface area contributed by atoms with Crippen LogP contribution in [0.5, 0.6) is 0 Å². The minimum absolute atomic E-state index is 0.182. The van der Waals surface area contributed by atoms with Gasteiger partial charge in [-0.25, -0.2) is 18.2 Å². The molecule has 2 aromatic carbocycles. The number of imidazole rings is 1. The van der Waals surface area contributed by atoms with Gasteiger partial charge < -0.3 is 14.8 Å². The average molecular weight is 468 g/mol. The van der Waals surface area contributed by atoms with E-state index in [1.807, 2.05) is 48.9 Å². The van der Waals surface area contributed by atoms with Crippen LogP contribution in [-0.4, -0.2) is 59.4 Å². The number of carbonyl (C=O) groups excluding carboxylic acids is 1. The van der Waals surface area contributed by atoms with Gasteiger partial charge in [0.1, 0.15) is 0 Å². The summed E-state index contributed by atoms with van der Waals surface area (Å²) in [6, 6.07) is 13.1. The number of benzene rings is 2. The maximum absolute atomic E-state index is 13.0. The predicted octanol–water partition coefficient (Wildman–Crippen LogP) is 2.76. The number of aromatic nitrogens is 2. The Morgan fingerprint density at radius 3 is 2.45 bits per heavy atom. The summed E-state index contributed by atoms with van der Waals surface area (Å²) in [5.41, 5.74) is 4.15. The van der Waals surface area contributed by atoms with Gasteiger partial charge in [0.05, 0.1) is 11.2 Å². The van der Waals surface area contributed by atoms with Crippen molar-refractivity contribution in [2.45, 2.75) is 31.8 Å². The predicted molar refractivity (Wildman–Crippen MR) is 126 cm³/mol. The molecule has 4 rings (SSSR count). The van der Waals surface area contributed by atoms with Gasteiger partial charge >= 0.3 is 6.03 Å². The Balaban J connectivity index is 1.30. The van der Waals surface area contributed by atoms with E-state index in [1.165, 1.54) is 4.31 Å². The molecule has 1 N–H and O–H groups in total. The molecular weight excluding hydrogens is 438 g/mol. The van der Waals surface area contributed by atoms with E-state index in [1.54, 1.807) is 29.6 Å². The molecule has 8 nitrogen and oxygen atoms in total. The molecule has 3 aromatic rings. The quantitative estimate of drug-likeness (QED) is 0.604. The van der Waals surface area contributed by atoms with Crippen LogP contribution in [0.3, 0.4) is 0 Å². The third-order valence-electron chi connectivity index (χ3n) is 6.00. The lowest BCUT2D eigenvalue weighted by Crippen LogP contribution is -2.52. The molecule has 0 saturated carbocycles. The molecule has 1 fully saturated rings. The maximum atomic E-state index is 13.0. The van der Waals surface area contributed by atoms with Gasteiger partial charge in [0.2, 0.25) is 10.0 Å². The second-order valence-corrected chi connectivity index (χ2v) is 10.3. The van der Waals surface area contributed by atoms with Crippen molar-refractivity contribution >= 4 is 16.1 Å². The van der Waals surface area contributed by atoms with E-state index in [4.69, 9.17) is 0 Å². The van der Waals surface area contributed by atoms with Crippen molar-refractivity contribution in [1.82, 2.24) is 24.1 Å². The van der Waals surface area contributed by atoms with Crippen LogP contribution >= 0.6 is 0 Å². The van der Waals surface area contributed by atoms with Crippen LogP contribution in [0.15, 0.2) is 66.1 Å². The van der Waals surface area contributed by atoms with Crippen molar-refractivity contribution in [1.29, 1.82) is 0 Å². The molecule has 9 heteroatoms. The van der Waals surface area contributed by atoms with Gasteiger partial charge in [-0.05, 0) is 48.2 Å². The highest BCUT2D eigenvalue weighted by molar-refractivity contribution is 7.89. The molecule has 0 spiro atoms. The lowest BCUT2D eigenvalue weighted by molar-refractivity contribution is 0.172. The summed E-state index contributed by atoms with van der Waals surface area (Å²) in [4.78, 5) is 18.7. The first kappa shape index (κ1) is 23.0. The summed E-state index contributed by atoms with van der Waals surface area (Å²) >= 11 is 0. The highest BCUT2D eigenvalue weighted by Crippen LogP contribution is 2.20. The molecular formula is C24H29N5O3S. The monoisotopic (exact) mass is 467 g/mol. The SMILES string of the molecule is Cc1ccc(S(=O)(=O)N2CCN(C(=O)NCc3cccc(Cn4ccnc4)c3)CC2)cc1C. The fourth-order valence-corrected chi connectivity index (χ4v) is 5.38. The molecule has 0 atom stereocenters. The molecule has 174 valence electrons. The van der Waals surface area contributed by atoms with Gasteiger partial charge in [0.15, 0.2) is 0 Å². The molecule has 1 aromatic heterocycles. The maximum Gasteiger partial charge on any atom is 0.317 e. The zero-order valence-electron chi connectivity index (χ0n) is 18.9. The molecule has 1 saturated heterocycles. The number of nitrogens with zero attached hydrogens (tertiary/aromatic N) is 4. The zero-order chi connectivity index (χ0) is 23.4. The Labute approximate surface area is 194 Å². The summed E-state index contributed by atoms with van der Waals surface area (Å²) in [7, 11) is -3.56. The lowest BCUT2D eigenvalue weighted by atomic mass is 10.1. The van der Waals surface area contributed by atoms with Gasteiger partial charge in [-0.2, -0.15) is 4.31 Å². The minimum atomic E-state index is -3.56. The summed E-state index contributed by atoms with van der Waals surface area (Å²) in [5, 5.41) is 2.95. The number of rotatable bonds is 6. The molecule has 1 aliphatic rings. The second kappa shape index (κ2) is 9.76. The summed E-state index contributed by atoms with van der Waals surface area (Å²) in [6.07, 6.45) is 5.43. The molecule has 1 aliphatic heterocycles. The topological polar surface area (TPSA) is 87.5 Å². The number of piperazine rings is 1. The number of hydrogen-bond donors (Lipinski definition) is 1. The van der Waals surface area contributed by atoms with Crippen LogP contribution in [0.4, 0.5) is 4.79 Å². The zero-order valence-corrected chi connectivity index (χ0v) is 19.8. The Hall–Kier alpha value is -3.17. The normalized spacial score (nSPS) is 14.9. The molecule has 0 unspecified atom stereocenters. The van der Waals surface area contributed by atoms with E-state index in [0.717, 1.165) is 28.8 Å². The molecule has 0 radical (unpaired) electrons. The number of amides is 2. The highest BCUT2D eigenvalue weighted by atomic mass is 32.2. The number of hydrogen-bond acceptors (Lipinski definition) is 4. The Kier molecular flexibility index (Phi) is 6.80. The van der Waals surface area contributed by atoms with Crippen molar-refractivity contribution in [2.75, 3.05) is 26.2 Å². The molecule has 0 aliphatic carbocycles. The van der Waals surface area contributed by atoms with Crippen LogP contribution in [0.1, 0.15) is 22.3 Å². The van der Waals surface area contributed by atoms with Crippen LogP contribution in [0.25, 0.3) is 0 Å². The van der Waals surface area contributed by atoms with Gasteiger partial charge in [0, 0.05) is 51.7 Å². The van der Waals surface area contributed by atoms with Crippen molar-refractivity contribution in [3.05, 3.63) is 83.4 Å². The largest absolute Gasteiger partial charge is 0.334 e. The van der Waals surface area contributed by atoms with Crippen LogP contribution < -0.4 is 5.32 Å². The Morgan fingerprint density at radius 1 is 1.00 bits per heavy atom. The van der Waals surface area contributed by atoms with E-state index in [-0.39, 0.29) is 19.1 Å². The minimum Gasteiger partial charge on any atom is -0.334 e. The van der Waals surface area contributed by atoms with E-state index in [9.17, 15) is 13.2 Å². The lowest BCUT2D eigenvalue weighted by Gasteiger charge is -2.34. The Morgan fingerprint density at radius 2 is 1.76 bits per heavy atom. The van der Waals surface area contributed by atoms with Crippen molar-refractivity contribution in [2.24, 2.45) is 0 Å². The van der Waals surface area contributed by atoms with Crippen LogP contribution in [0.2, 0.25) is 0 Å². The summed E-state index contributed by atoms with van der Waals surface area (Å²) < 4.78 is 29.4. The van der Waals surface area contributed by atoms with E-state index >= 15 is 0 Å². The van der Waals surface area contributed by atoms with Crippen molar-refractivity contribution in [3.63, 3.8) is 0 Å². The third-order valence-corrected chi connectivity index (χ3v) is 7.90. The third kappa shape index (κ3) is 5.43. The van der Waals surface area contributed by atoms with Gasteiger partial charge in [-0.3, -0.25) is 0 Å². The number of aryl methyl sites for hydroxylation is 2. The van der Waals surface area contributed by atoms with E-state index in [0.29, 0.717) is 24.5 Å². The summed E-state index contributed by atoms with van der Waals surface area (Å²) in [5.74, 6) is 0. The van der Waals surface area contributed by atoms with Crippen LogP contribution in [0, 0.1) is 13.8 Å². The fourth-order valence-electron chi connectivity index (χ4n) is 3.87. The van der Waals surface area contributed by atoms with Gasteiger partial charge in [0.25, 0.3) is 0 Å². The fraction of sp³-hybridized carbons (Fsp3) is 0.333. The van der Waals surface area contributed by atoms with E-state index < -0.39 is 10.0 Å². The molecule has 2 amide bonds. The number of nitrogens with one attached hydrogen (secondary N) is 1. The molecule has 33 heavy (non-hydrogen) atoms. The number of carbonyl (C=O) groups is 1. The number of sulfonamides is 1. The van der Waals surface area contributed by atoms with Gasteiger partial charge in [-0.15, -0.1) is 0 Å². The Bertz CT molecular complexity index is 1220. The van der Waals surface area contributed by atoms with Crippen LogP contribution in [-0.2, 0) is 23.1 Å². The summed E-state index contributed by atoms with van der Waals surface area (Å²) in [6.45, 7) is 6.28. The van der Waals surface area contributed by atoms with Crippen molar-refractivity contribution < 1.29 is 13.2 Å². The van der Waals surface area contributed by atoms with Gasteiger partial charge in [-0.1, -0.05) is 30.3 Å². The smallest absolute Gasteiger partial charge is 0.317 e. The first-order valence-electron chi connectivity index (χ1n) is 11.0. The van der Waals surface area contributed by atoms with E-state index in [2.05, 4.69) is 16.4 Å². The standard InChI is InChI=1S/C24H29N5O3S/c1-19-6-7-23(14-20(19)2)33(31,32)29-12-10-28(11-13-29)24(30)26-16-21-4-3-5-22(15-21)17-27-9-8-25-18-27/h3-9,14-15,18H,10-13,16-17H2,1-2H3,(H,26,30). The number of urea groups is 1. The first-order valence-corrected chi connectivity index (χ1v) is 12.4. The molecule has 2 heterocycles. The average Bonchev–Trinajstić information content (AvgIpc) is 3.32. The second-order valence-electron chi connectivity index (χ2n) is 8.35. The van der Waals surface area contributed by atoms with Crippen molar-refractivity contribution in [3.8, 4) is 0 Å². The first-order chi connectivity index (χ1) is 15.8. The highest BCUT2D eigenvalue weighted by Gasteiger charge is 2.30.